The molecule has 0 aliphatic rings. The SMILES string of the molecule is CCC(CNc1ccc2oc(=O)n(C)c2c1)C(=O)O. The van der Waals surface area contributed by atoms with Gasteiger partial charge in [-0.3, -0.25) is 9.36 Å². The largest absolute Gasteiger partial charge is 0.481 e. The van der Waals surface area contributed by atoms with Crippen LogP contribution in [-0.4, -0.2) is 22.2 Å². The molecule has 0 aliphatic heterocycles. The molecule has 6 nitrogen and oxygen atoms in total. The van der Waals surface area contributed by atoms with Gasteiger partial charge in [0.05, 0.1) is 11.4 Å². The van der Waals surface area contributed by atoms with Crippen molar-refractivity contribution in [2.75, 3.05) is 11.9 Å². The molecule has 0 saturated carbocycles. The molecule has 0 saturated heterocycles. The average molecular weight is 264 g/mol. The second-order valence-electron chi connectivity index (χ2n) is 4.43. The summed E-state index contributed by atoms with van der Waals surface area (Å²) in [7, 11) is 1.63. The van der Waals surface area contributed by atoms with Gasteiger partial charge in [-0.05, 0) is 24.6 Å². The van der Waals surface area contributed by atoms with E-state index in [1.54, 1.807) is 25.2 Å². The Labute approximate surface area is 109 Å². The van der Waals surface area contributed by atoms with Gasteiger partial charge in [-0.2, -0.15) is 0 Å². The number of carboxylic acids is 1. The zero-order valence-electron chi connectivity index (χ0n) is 10.8. The third kappa shape index (κ3) is 2.62. The van der Waals surface area contributed by atoms with E-state index in [9.17, 15) is 9.59 Å². The summed E-state index contributed by atoms with van der Waals surface area (Å²) in [4.78, 5) is 22.3. The second-order valence-corrected chi connectivity index (χ2v) is 4.43. The monoisotopic (exact) mass is 264 g/mol. The number of aromatic nitrogens is 1. The van der Waals surface area contributed by atoms with Crippen molar-refractivity contribution in [2.45, 2.75) is 13.3 Å². The van der Waals surface area contributed by atoms with E-state index in [0.717, 1.165) is 5.69 Å². The summed E-state index contributed by atoms with van der Waals surface area (Å²) >= 11 is 0. The number of aliphatic carboxylic acids is 1. The molecular formula is C13H16N2O4. The summed E-state index contributed by atoms with van der Waals surface area (Å²) in [6.07, 6.45) is 0.564. The van der Waals surface area contributed by atoms with E-state index in [1.807, 2.05) is 6.92 Å². The van der Waals surface area contributed by atoms with E-state index in [-0.39, 0.29) is 0 Å². The number of rotatable bonds is 5. The molecule has 2 rings (SSSR count). The molecule has 0 fully saturated rings. The van der Waals surface area contributed by atoms with Crippen LogP contribution in [0.4, 0.5) is 5.69 Å². The molecule has 0 aliphatic carbocycles. The Morgan fingerprint density at radius 3 is 2.89 bits per heavy atom. The number of carbonyl (C=O) groups is 1. The molecule has 1 aromatic carbocycles. The minimum Gasteiger partial charge on any atom is -0.481 e. The lowest BCUT2D eigenvalue weighted by atomic mass is 10.1. The Kier molecular flexibility index (Phi) is 3.59. The smallest absolute Gasteiger partial charge is 0.419 e. The highest BCUT2D eigenvalue weighted by Gasteiger charge is 2.14. The van der Waals surface area contributed by atoms with Crippen molar-refractivity contribution in [3.63, 3.8) is 0 Å². The van der Waals surface area contributed by atoms with Gasteiger partial charge >= 0.3 is 11.7 Å². The van der Waals surface area contributed by atoms with E-state index in [2.05, 4.69) is 5.32 Å². The number of benzene rings is 1. The van der Waals surface area contributed by atoms with Gasteiger partial charge in [-0.15, -0.1) is 0 Å². The van der Waals surface area contributed by atoms with Gasteiger partial charge in [0, 0.05) is 19.3 Å². The molecule has 1 heterocycles. The maximum absolute atomic E-state index is 11.3. The molecule has 1 aromatic heterocycles. The number of oxazole rings is 1. The molecule has 0 spiro atoms. The lowest BCUT2D eigenvalue weighted by Crippen LogP contribution is -2.22. The molecule has 19 heavy (non-hydrogen) atoms. The molecular weight excluding hydrogens is 248 g/mol. The maximum Gasteiger partial charge on any atom is 0.419 e. The van der Waals surface area contributed by atoms with Gasteiger partial charge < -0.3 is 14.8 Å². The van der Waals surface area contributed by atoms with Crippen LogP contribution < -0.4 is 11.1 Å². The summed E-state index contributed by atoms with van der Waals surface area (Å²) in [6, 6.07) is 5.23. The molecule has 2 N–H and O–H groups in total. The highest BCUT2D eigenvalue weighted by molar-refractivity contribution is 5.78. The Bertz CT molecular complexity index is 656. The number of anilines is 1. The molecule has 1 atom stereocenters. The summed E-state index contributed by atoms with van der Waals surface area (Å²) in [5.74, 6) is -1.65. The normalized spacial score (nSPS) is 12.5. The molecule has 6 heteroatoms. The van der Waals surface area contributed by atoms with Gasteiger partial charge in [-0.1, -0.05) is 6.92 Å². The maximum atomic E-state index is 11.3. The quantitative estimate of drug-likeness (QED) is 0.857. The number of fused-ring (bicyclic) bond motifs is 1. The minimum absolute atomic E-state index is 0.350. The summed E-state index contributed by atoms with van der Waals surface area (Å²) < 4.78 is 6.44. The summed E-state index contributed by atoms with van der Waals surface area (Å²) in [5.41, 5.74) is 1.96. The molecule has 1 unspecified atom stereocenters. The van der Waals surface area contributed by atoms with Crippen LogP contribution in [-0.2, 0) is 11.8 Å². The fourth-order valence-electron chi connectivity index (χ4n) is 1.88. The van der Waals surface area contributed by atoms with Crippen molar-refractivity contribution in [1.82, 2.24) is 4.57 Å². The molecule has 2 aromatic rings. The number of hydrogen-bond acceptors (Lipinski definition) is 4. The van der Waals surface area contributed by atoms with E-state index < -0.39 is 17.6 Å². The van der Waals surface area contributed by atoms with E-state index >= 15 is 0 Å². The van der Waals surface area contributed by atoms with Crippen LogP contribution >= 0.6 is 0 Å². The van der Waals surface area contributed by atoms with Crippen LogP contribution in [0.5, 0.6) is 0 Å². The Morgan fingerprint density at radius 1 is 1.53 bits per heavy atom. The van der Waals surface area contributed by atoms with Crippen molar-refractivity contribution in [2.24, 2.45) is 13.0 Å². The predicted molar refractivity (Wildman–Crippen MR) is 71.4 cm³/mol. The zero-order chi connectivity index (χ0) is 14.0. The van der Waals surface area contributed by atoms with Crippen LogP contribution in [0.25, 0.3) is 11.1 Å². The minimum atomic E-state index is -0.813. The van der Waals surface area contributed by atoms with Crippen molar-refractivity contribution >= 4 is 22.8 Å². The van der Waals surface area contributed by atoms with Crippen LogP contribution in [0.15, 0.2) is 27.4 Å². The van der Waals surface area contributed by atoms with Crippen LogP contribution in [0.2, 0.25) is 0 Å². The standard InChI is InChI=1S/C13H16N2O4/c1-3-8(12(16)17)7-14-9-4-5-11-10(6-9)15(2)13(18)19-11/h4-6,8,14H,3,7H2,1-2H3,(H,16,17). The van der Waals surface area contributed by atoms with E-state index in [4.69, 9.17) is 9.52 Å². The van der Waals surface area contributed by atoms with Crippen molar-refractivity contribution < 1.29 is 14.3 Å². The molecule has 0 bridgehead atoms. The first-order chi connectivity index (χ1) is 9.02. The topological polar surface area (TPSA) is 84.5 Å². The highest BCUT2D eigenvalue weighted by atomic mass is 16.4. The first-order valence-electron chi connectivity index (χ1n) is 6.09. The third-order valence-electron chi connectivity index (χ3n) is 3.19. The predicted octanol–water partition coefficient (Wildman–Crippen LogP) is 1.65. The van der Waals surface area contributed by atoms with Crippen molar-refractivity contribution in [3.8, 4) is 0 Å². The Morgan fingerprint density at radius 2 is 2.26 bits per heavy atom. The van der Waals surface area contributed by atoms with Gasteiger partial charge in [0.1, 0.15) is 0 Å². The number of nitrogens with one attached hydrogen (secondary N) is 1. The van der Waals surface area contributed by atoms with Gasteiger partial charge in [0.15, 0.2) is 5.58 Å². The van der Waals surface area contributed by atoms with Crippen LogP contribution in [0.1, 0.15) is 13.3 Å². The lowest BCUT2D eigenvalue weighted by Gasteiger charge is -2.12. The average Bonchev–Trinajstić information content (AvgIpc) is 2.66. The van der Waals surface area contributed by atoms with E-state index in [1.165, 1.54) is 4.57 Å². The van der Waals surface area contributed by atoms with Crippen LogP contribution in [0, 0.1) is 5.92 Å². The number of carboxylic acid groups (broad SMARTS) is 1. The second kappa shape index (κ2) is 5.17. The van der Waals surface area contributed by atoms with Crippen molar-refractivity contribution in [3.05, 3.63) is 28.7 Å². The first-order valence-corrected chi connectivity index (χ1v) is 6.09. The molecule has 0 radical (unpaired) electrons. The fraction of sp³-hybridized carbons (Fsp3) is 0.385. The fourth-order valence-corrected chi connectivity index (χ4v) is 1.88. The Hall–Kier alpha value is -2.24. The summed E-state index contributed by atoms with van der Waals surface area (Å²) in [5, 5.41) is 12.0. The lowest BCUT2D eigenvalue weighted by molar-refractivity contribution is -0.141. The van der Waals surface area contributed by atoms with Gasteiger partial charge in [-0.25, -0.2) is 4.79 Å². The number of aryl methyl sites for hydroxylation is 1. The van der Waals surface area contributed by atoms with E-state index in [0.29, 0.717) is 24.1 Å². The number of hydrogen-bond donors (Lipinski definition) is 2. The Balaban J connectivity index is 2.20. The first kappa shape index (κ1) is 13.2. The third-order valence-corrected chi connectivity index (χ3v) is 3.19. The summed E-state index contributed by atoms with van der Waals surface area (Å²) in [6.45, 7) is 2.19. The highest BCUT2D eigenvalue weighted by Crippen LogP contribution is 2.18. The molecule has 0 amide bonds. The van der Waals surface area contributed by atoms with Gasteiger partial charge in [0.25, 0.3) is 0 Å². The number of nitrogens with zero attached hydrogens (tertiary/aromatic N) is 1. The molecule has 102 valence electrons. The van der Waals surface area contributed by atoms with Crippen molar-refractivity contribution in [1.29, 1.82) is 0 Å². The zero-order valence-corrected chi connectivity index (χ0v) is 10.8. The van der Waals surface area contributed by atoms with Gasteiger partial charge in [0.2, 0.25) is 0 Å². The van der Waals surface area contributed by atoms with Crippen LogP contribution in [0.3, 0.4) is 0 Å².